The molecule has 603 valence electrons. The molecular formula is C72H100CoN18O18P-3. The largest absolute Gasteiger partial charge is 0.756 e. The summed E-state index contributed by atoms with van der Waals surface area (Å²) < 4.78 is 44.1. The number of aryl methyl sites for hydroxylation is 1. The first-order chi connectivity index (χ1) is 51.0. The number of anilines is 1. The number of allylic oxidation sites excluding steroid dienone is 6. The second-order valence-electron chi connectivity index (χ2n) is 31.0. The number of carbonyl (C=O) groups excluding carboxylic acids is 7. The standard InChI is InChI=1S/C62H90N13O15P.C10H12N5O3.Co/c1-29-20-39-38(22-40(29)87-11)70-28-75(39)57-52(84)53(41(27-76)88-57)90-91(85,86)89-30(2)26-69-49(83)18-19-59(7)36(21-46(66)80)56-62(10)61(9,25-48(68)82)35(14-17-45(65)79)51(74-62)32(4)55-60(8,24-47(67)81)33(12-15-43(63)77)37(71-55)23-42-58(5,6)34(13-16-44(64)78)50(72-42)31(3)54(59)73-56;1-4-6(16)7(17)10(18-4)15-3-14-5-8(11)12-2-13-9(5)15;/h20,22-23,28,30,33-36,41,52-53,56-57,76,84H,12-19,21,24-27H2,1-11H3,(H15,63,64,65,66,67,68,69,71,72,73,74,77,78,79,80,81,82,83,85,86);2-4,6-7,10,16-17H,1H2,(H2,11,12,13);/q;-1;/p-2/t30-,33-,34-,35-,36+,41-,52-,53-,56-,57+,59-,60+,61+,62+;4-,6-,7-,10-;/m11./s1. The van der Waals surface area contributed by atoms with Gasteiger partial charge in [-0.2, -0.15) is 5.70 Å². The Morgan fingerprint density at radius 3 is 1.96 bits per heavy atom. The van der Waals surface area contributed by atoms with E-state index in [1.807, 2.05) is 54.5 Å². The van der Waals surface area contributed by atoms with Gasteiger partial charge in [0.05, 0.1) is 60.8 Å². The van der Waals surface area contributed by atoms with Crippen molar-refractivity contribution in [1.82, 2.24) is 34.4 Å². The van der Waals surface area contributed by atoms with Crippen molar-refractivity contribution in [2.45, 2.75) is 207 Å². The molecule has 7 amide bonds. The molecule has 0 aliphatic carbocycles. The Morgan fingerprint density at radius 2 is 1.37 bits per heavy atom. The van der Waals surface area contributed by atoms with Crippen molar-refractivity contribution in [3.8, 4) is 5.75 Å². The number of ether oxygens (including phenoxy) is 3. The van der Waals surface area contributed by atoms with Crippen molar-refractivity contribution in [2.75, 3.05) is 26.0 Å². The third kappa shape index (κ3) is 16.3. The summed E-state index contributed by atoms with van der Waals surface area (Å²) in [6.07, 6.45) is -5.91. The van der Waals surface area contributed by atoms with Gasteiger partial charge in [0, 0.05) is 131 Å². The van der Waals surface area contributed by atoms with E-state index in [2.05, 4.69) is 32.2 Å². The SMILES string of the molecule is COc1cc2ncn([C@H]3O[C@H](CO)[C@@H](OP(=O)([O-])O[C@H](C)CNC(=O)CC[C@@]4(C)/C5=C(\C)C6=N/C(=C\C7=NC(=C(/C)C8=N[C@@](C)([C@H]([N-]5)[C@@H]4CC(N)=O)[C@@](C)(CC(N)=O)[C@@H]8CCC(N)=O)/[C@@](C)(CC(N)=O)[C@@H]7CCC(N)=O)C(C)(C)[C@@H]6CCC(N)=O)[C@H]3O)c2cc1C.[CH2-][C@H]1O[C@@H](n2cnc3c(N)ncnc32)[C@H](O)[C@@H]1O.[Co]. The molecule has 19 atom stereocenters. The van der Waals surface area contributed by atoms with Crippen LogP contribution < -0.4 is 55.1 Å². The van der Waals surface area contributed by atoms with Crippen molar-refractivity contribution < 1.29 is 103 Å². The van der Waals surface area contributed by atoms with E-state index in [-0.39, 0.29) is 99.8 Å². The van der Waals surface area contributed by atoms with Crippen LogP contribution >= 0.6 is 7.82 Å². The van der Waals surface area contributed by atoms with Crippen LogP contribution in [0.4, 0.5) is 5.82 Å². The first-order valence-corrected chi connectivity index (χ1v) is 37.4. The minimum Gasteiger partial charge on any atom is -0.756 e. The van der Waals surface area contributed by atoms with Crippen molar-refractivity contribution in [3.05, 3.63) is 83.2 Å². The van der Waals surface area contributed by atoms with Crippen molar-refractivity contribution >= 4 is 94.3 Å². The van der Waals surface area contributed by atoms with Crippen LogP contribution in [-0.4, -0.2) is 183 Å². The second kappa shape index (κ2) is 32.7. The molecule has 1 aromatic carbocycles. The van der Waals surface area contributed by atoms with E-state index in [1.54, 1.807) is 26.0 Å². The number of methoxy groups -OCH3 is 1. The van der Waals surface area contributed by atoms with E-state index in [4.69, 9.17) is 83.7 Å². The van der Waals surface area contributed by atoms with Crippen molar-refractivity contribution in [2.24, 2.45) is 94.7 Å². The molecule has 110 heavy (non-hydrogen) atoms. The van der Waals surface area contributed by atoms with Crippen molar-refractivity contribution in [1.29, 1.82) is 0 Å². The van der Waals surface area contributed by atoms with Crippen LogP contribution in [0.1, 0.15) is 151 Å². The number of hydrogen-bond acceptors (Lipinski definition) is 26. The number of phosphoric ester groups is 1. The zero-order chi connectivity index (χ0) is 80.3. The number of aliphatic hydroxyl groups excluding tert-OH is 4. The summed E-state index contributed by atoms with van der Waals surface area (Å²) in [5.41, 5.74) is 41.8. The number of aliphatic imine (C=N–C) groups is 3. The molecule has 7 aliphatic heterocycles. The molecule has 36 nitrogen and oxygen atoms in total. The van der Waals surface area contributed by atoms with Gasteiger partial charge in [0.2, 0.25) is 41.4 Å². The van der Waals surface area contributed by atoms with Crippen LogP contribution in [0.15, 0.2) is 80.4 Å². The molecule has 10 heterocycles. The number of fused-ring (bicyclic) bond motifs is 8. The topological polar surface area (TPSA) is 593 Å². The van der Waals surface area contributed by atoms with E-state index in [0.29, 0.717) is 73.3 Å². The van der Waals surface area contributed by atoms with Crippen LogP contribution in [-0.2, 0) is 73.4 Å². The van der Waals surface area contributed by atoms with Gasteiger partial charge in [-0.25, -0.2) is 19.9 Å². The number of benzene rings is 1. The third-order valence-electron chi connectivity index (χ3n) is 23.4. The van der Waals surface area contributed by atoms with Crippen LogP contribution in [0.3, 0.4) is 0 Å². The predicted octanol–water partition coefficient (Wildman–Crippen LogP) is 1.87. The molecule has 3 saturated heterocycles. The van der Waals surface area contributed by atoms with Gasteiger partial charge in [0.1, 0.15) is 42.0 Å². The third-order valence-corrected chi connectivity index (χ3v) is 24.5. The fourth-order valence-corrected chi connectivity index (χ4v) is 18.6. The number of rotatable bonds is 28. The molecular weight excluding hydrogens is 1490 g/mol. The van der Waals surface area contributed by atoms with Gasteiger partial charge in [0.15, 0.2) is 23.9 Å². The average Bonchev–Trinajstić information content (AvgIpc) is 1.53. The Hall–Kier alpha value is -8.46. The number of phosphoric acid groups is 1. The summed E-state index contributed by atoms with van der Waals surface area (Å²) in [5, 5.41) is 49.7. The first-order valence-electron chi connectivity index (χ1n) is 36.0. The second-order valence-corrected chi connectivity index (χ2v) is 32.3. The molecule has 38 heteroatoms. The van der Waals surface area contributed by atoms with Crippen LogP contribution in [0.25, 0.3) is 27.5 Å². The van der Waals surface area contributed by atoms with E-state index in [1.165, 1.54) is 42.1 Å². The number of hydrogen-bond donors (Lipinski definition) is 12. The van der Waals surface area contributed by atoms with Crippen LogP contribution in [0.5, 0.6) is 5.75 Å². The fraction of sp³-hybridized carbons (Fsp3) is 0.597. The number of amides is 7. The van der Waals surface area contributed by atoms with Gasteiger partial charge >= 0.3 is 0 Å². The number of aromatic nitrogens is 6. The average molecular weight is 1600 g/mol. The number of nitrogens with one attached hydrogen (secondary N) is 1. The predicted molar refractivity (Wildman–Crippen MR) is 394 cm³/mol. The van der Waals surface area contributed by atoms with Gasteiger partial charge in [-0.15, -0.1) is 0 Å². The van der Waals surface area contributed by atoms with Gasteiger partial charge in [0.25, 0.3) is 7.82 Å². The number of primary amides is 6. The molecule has 3 fully saturated rings. The zero-order valence-corrected chi connectivity index (χ0v) is 65.2. The summed E-state index contributed by atoms with van der Waals surface area (Å²) in [6.45, 7) is 20.5. The smallest absolute Gasteiger partial charge is 0.268 e. The first kappa shape index (κ1) is 85.5. The quantitative estimate of drug-likeness (QED) is 0.0285. The van der Waals surface area contributed by atoms with E-state index in [0.717, 1.165) is 5.56 Å². The molecule has 3 aromatic heterocycles. The maximum absolute atomic E-state index is 14.4. The fourth-order valence-electron chi connectivity index (χ4n) is 17.4. The number of imidazole rings is 2. The maximum Gasteiger partial charge on any atom is 0.268 e. The molecule has 19 N–H and O–H groups in total. The normalized spacial score (nSPS) is 33.3. The molecule has 8 bridgehead atoms. The summed E-state index contributed by atoms with van der Waals surface area (Å²) in [6, 6.07) is 2.39. The Balaban J connectivity index is 0.000000634. The zero-order valence-electron chi connectivity index (χ0n) is 63.2. The number of nitrogen functional groups attached to an aromatic ring is 1. The number of carbonyl (C=O) groups is 7. The Kier molecular flexibility index (Phi) is 25.4. The number of nitrogens with two attached hydrogens (primary N) is 7. The minimum absolute atomic E-state index is 0. The van der Waals surface area contributed by atoms with Crippen LogP contribution in [0, 0.1) is 59.2 Å². The molecule has 0 saturated carbocycles. The van der Waals surface area contributed by atoms with Gasteiger partial charge < -0.3 is 111 Å². The Labute approximate surface area is 645 Å². The van der Waals surface area contributed by atoms with E-state index < -0.39 is 168 Å². The van der Waals surface area contributed by atoms with Gasteiger partial charge in [-0.1, -0.05) is 40.7 Å². The number of aliphatic hydroxyl groups is 4. The maximum atomic E-state index is 14.4. The summed E-state index contributed by atoms with van der Waals surface area (Å²) >= 11 is 0. The van der Waals surface area contributed by atoms with Crippen LogP contribution in [0.2, 0.25) is 0 Å². The molecule has 7 aliphatic rings. The molecule has 1 unspecified atom stereocenters. The summed E-state index contributed by atoms with van der Waals surface area (Å²) in [7, 11) is -3.83. The summed E-state index contributed by atoms with van der Waals surface area (Å²) in [5.74, 6) is -6.62. The Bertz CT molecular complexity index is 4540. The monoisotopic (exact) mass is 1590 g/mol. The Morgan fingerprint density at radius 1 is 0.755 bits per heavy atom. The number of nitrogens with zero attached hydrogens (tertiary/aromatic N) is 10. The van der Waals surface area contributed by atoms with E-state index in [9.17, 15) is 63.4 Å². The molecule has 4 aromatic rings. The van der Waals surface area contributed by atoms with Gasteiger partial charge in [-0.05, 0) is 107 Å². The van der Waals surface area contributed by atoms with Gasteiger partial charge in [-0.3, -0.25) is 57.7 Å². The molecule has 1 radical (unpaired) electrons. The molecule has 0 spiro atoms. The minimum atomic E-state index is -5.34. The van der Waals surface area contributed by atoms with Crippen molar-refractivity contribution in [3.63, 3.8) is 0 Å². The molecule has 11 rings (SSSR count). The van der Waals surface area contributed by atoms with E-state index >= 15 is 0 Å². The summed E-state index contributed by atoms with van der Waals surface area (Å²) in [4.78, 5) is 140.